The number of hydrogen-bond acceptors (Lipinski definition) is 1. The van der Waals surface area contributed by atoms with Gasteiger partial charge in [-0.25, -0.2) is 0 Å². The van der Waals surface area contributed by atoms with Crippen LogP contribution in [0.1, 0.15) is 0 Å². The van der Waals surface area contributed by atoms with Gasteiger partial charge < -0.3 is 4.90 Å². The summed E-state index contributed by atoms with van der Waals surface area (Å²) in [6, 6.07) is 0. The van der Waals surface area contributed by atoms with Gasteiger partial charge in [0.25, 0.3) is 0 Å². The van der Waals surface area contributed by atoms with Crippen molar-refractivity contribution < 1.29 is 4.79 Å². The summed E-state index contributed by atoms with van der Waals surface area (Å²) in [7, 11) is 0. The fourth-order valence-electron chi connectivity index (χ4n) is 0.486. The molecule has 0 radical (unpaired) electrons. The summed E-state index contributed by atoms with van der Waals surface area (Å²) < 4.78 is 0. The zero-order valence-electron chi connectivity index (χ0n) is 5.52. The molecule has 0 rings (SSSR count). The van der Waals surface area contributed by atoms with Crippen LogP contribution < -0.4 is 0 Å². The first kappa shape index (κ1) is 9.79. The molecule has 0 fully saturated rings. The quantitative estimate of drug-likeness (QED) is 0.602. The Labute approximate surface area is 70.4 Å². The van der Waals surface area contributed by atoms with Gasteiger partial charge in [-0.15, -0.1) is 23.2 Å². The van der Waals surface area contributed by atoms with Gasteiger partial charge >= 0.3 is 0 Å². The normalized spacial score (nSPS) is 9.00. The molecule has 0 aliphatic heterocycles. The number of carbonyl (C=O) groups is 1. The second-order valence-electron chi connectivity index (χ2n) is 1.59. The van der Waals surface area contributed by atoms with E-state index in [9.17, 15) is 4.79 Å². The van der Waals surface area contributed by atoms with E-state index in [1.54, 1.807) is 0 Å². The van der Waals surface area contributed by atoms with Crippen LogP contribution in [-0.2, 0) is 4.79 Å². The summed E-state index contributed by atoms with van der Waals surface area (Å²) in [4.78, 5) is 12.2. The molecule has 0 saturated carbocycles. The summed E-state index contributed by atoms with van der Waals surface area (Å²) in [6.07, 6.45) is 1.42. The van der Waals surface area contributed by atoms with E-state index in [0.717, 1.165) is 0 Å². The van der Waals surface area contributed by atoms with Crippen LogP contribution in [-0.4, -0.2) is 29.1 Å². The third-order valence-corrected chi connectivity index (χ3v) is 1.38. The molecular weight excluding hydrogens is 173 g/mol. The maximum Gasteiger partial charge on any atom is 0.241 e. The molecule has 58 valence electrons. The molecule has 0 N–H and O–H groups in total. The van der Waals surface area contributed by atoms with Gasteiger partial charge in [-0.05, 0) is 6.20 Å². The van der Waals surface area contributed by atoms with E-state index in [1.165, 1.54) is 11.1 Å². The molecule has 0 aromatic heterocycles. The van der Waals surface area contributed by atoms with Gasteiger partial charge in [0.1, 0.15) is 5.88 Å². The van der Waals surface area contributed by atoms with Crippen molar-refractivity contribution in [2.45, 2.75) is 0 Å². The summed E-state index contributed by atoms with van der Waals surface area (Å²) in [5, 5.41) is 0. The van der Waals surface area contributed by atoms with Crippen molar-refractivity contribution in [2.24, 2.45) is 0 Å². The number of halogens is 2. The highest BCUT2D eigenvalue weighted by Crippen LogP contribution is 1.93. The molecule has 4 heteroatoms. The topological polar surface area (TPSA) is 20.3 Å². The second kappa shape index (κ2) is 5.57. The van der Waals surface area contributed by atoms with E-state index in [1.807, 2.05) is 0 Å². The van der Waals surface area contributed by atoms with Crippen LogP contribution in [0.2, 0.25) is 0 Å². The minimum absolute atomic E-state index is 0.0249. The van der Waals surface area contributed by atoms with Gasteiger partial charge in [0.05, 0.1) is 0 Å². The molecular formula is C6H9Cl2NO. The third-order valence-electron chi connectivity index (χ3n) is 0.980. The lowest BCUT2D eigenvalue weighted by Crippen LogP contribution is -2.28. The number of hydrogen-bond donors (Lipinski definition) is 0. The first-order valence-corrected chi connectivity index (χ1v) is 3.87. The van der Waals surface area contributed by atoms with Crippen LogP contribution in [0.25, 0.3) is 0 Å². The summed E-state index contributed by atoms with van der Waals surface area (Å²) >= 11 is 10.7. The van der Waals surface area contributed by atoms with Crippen molar-refractivity contribution in [3.05, 3.63) is 12.8 Å². The van der Waals surface area contributed by atoms with Gasteiger partial charge in [-0.2, -0.15) is 0 Å². The fraction of sp³-hybridized carbons (Fsp3) is 0.500. The molecule has 0 aliphatic rings. The van der Waals surface area contributed by atoms with E-state index in [2.05, 4.69) is 6.58 Å². The fourth-order valence-corrected chi connectivity index (χ4v) is 0.821. The van der Waals surface area contributed by atoms with Crippen LogP contribution in [0.3, 0.4) is 0 Å². The minimum Gasteiger partial charge on any atom is -0.317 e. The lowest BCUT2D eigenvalue weighted by molar-refractivity contribution is -0.125. The molecule has 0 aliphatic carbocycles. The Balaban J connectivity index is 3.80. The Kier molecular flexibility index (Phi) is 5.45. The number of rotatable bonds is 4. The van der Waals surface area contributed by atoms with Crippen LogP contribution in [0.4, 0.5) is 0 Å². The zero-order chi connectivity index (χ0) is 7.98. The van der Waals surface area contributed by atoms with Crippen molar-refractivity contribution in [3.63, 3.8) is 0 Å². The molecule has 0 bridgehead atoms. The standard InChI is InChI=1S/C6H9Cl2NO/c1-2-9(4-3-7)6(10)5-8/h2H,1,3-5H2. The van der Waals surface area contributed by atoms with Crippen molar-refractivity contribution in [3.8, 4) is 0 Å². The highest BCUT2D eigenvalue weighted by molar-refractivity contribution is 6.27. The molecule has 2 nitrogen and oxygen atoms in total. The number of amides is 1. The molecule has 1 amide bonds. The zero-order valence-corrected chi connectivity index (χ0v) is 7.03. The average Bonchev–Trinajstić information content (AvgIpc) is 1.99. The van der Waals surface area contributed by atoms with E-state index >= 15 is 0 Å². The van der Waals surface area contributed by atoms with Crippen molar-refractivity contribution in [2.75, 3.05) is 18.3 Å². The van der Waals surface area contributed by atoms with Gasteiger partial charge in [0.2, 0.25) is 5.91 Å². The highest BCUT2D eigenvalue weighted by Gasteiger charge is 2.05. The van der Waals surface area contributed by atoms with E-state index in [0.29, 0.717) is 12.4 Å². The highest BCUT2D eigenvalue weighted by atomic mass is 35.5. The van der Waals surface area contributed by atoms with Gasteiger partial charge in [0, 0.05) is 12.4 Å². The molecule has 0 saturated heterocycles. The molecule has 0 spiro atoms. The molecule has 0 heterocycles. The van der Waals surface area contributed by atoms with E-state index in [-0.39, 0.29) is 11.8 Å². The Hall–Kier alpha value is -0.210. The van der Waals surface area contributed by atoms with Crippen LogP contribution in [0, 0.1) is 0 Å². The SMILES string of the molecule is C=CN(CCCl)C(=O)CCl. The Morgan fingerprint density at radius 1 is 1.60 bits per heavy atom. The number of nitrogens with zero attached hydrogens (tertiary/aromatic N) is 1. The summed E-state index contributed by atoms with van der Waals surface area (Å²) in [5.74, 6) is 0.203. The number of alkyl halides is 2. The van der Waals surface area contributed by atoms with Crippen LogP contribution in [0.15, 0.2) is 12.8 Å². The van der Waals surface area contributed by atoms with E-state index < -0.39 is 0 Å². The van der Waals surface area contributed by atoms with Crippen LogP contribution >= 0.6 is 23.2 Å². The maximum atomic E-state index is 10.8. The average molecular weight is 182 g/mol. The predicted octanol–water partition coefficient (Wildman–Crippen LogP) is 1.44. The Bertz CT molecular complexity index is 127. The van der Waals surface area contributed by atoms with Gasteiger partial charge in [-0.3, -0.25) is 4.79 Å². The van der Waals surface area contributed by atoms with Crippen molar-refractivity contribution in [1.29, 1.82) is 0 Å². The van der Waals surface area contributed by atoms with Crippen molar-refractivity contribution >= 4 is 29.1 Å². The summed E-state index contributed by atoms with van der Waals surface area (Å²) in [5.41, 5.74) is 0. The smallest absolute Gasteiger partial charge is 0.241 e. The molecule has 10 heavy (non-hydrogen) atoms. The molecule has 0 atom stereocenters. The van der Waals surface area contributed by atoms with Crippen molar-refractivity contribution in [1.82, 2.24) is 4.90 Å². The number of carbonyl (C=O) groups excluding carboxylic acids is 1. The lowest BCUT2D eigenvalue weighted by atomic mass is 10.5. The first-order valence-electron chi connectivity index (χ1n) is 2.80. The lowest BCUT2D eigenvalue weighted by Gasteiger charge is -2.13. The second-order valence-corrected chi connectivity index (χ2v) is 2.24. The molecule has 0 aromatic carbocycles. The minimum atomic E-state index is -0.169. The van der Waals surface area contributed by atoms with E-state index in [4.69, 9.17) is 23.2 Å². The molecule has 0 unspecified atom stereocenters. The maximum absolute atomic E-state index is 10.8. The first-order chi connectivity index (χ1) is 4.76. The summed E-state index contributed by atoms with van der Waals surface area (Å²) in [6.45, 7) is 3.91. The monoisotopic (exact) mass is 181 g/mol. The Morgan fingerprint density at radius 2 is 2.20 bits per heavy atom. The third kappa shape index (κ3) is 3.08. The largest absolute Gasteiger partial charge is 0.317 e. The molecule has 0 aromatic rings. The van der Waals surface area contributed by atoms with Crippen LogP contribution in [0.5, 0.6) is 0 Å². The van der Waals surface area contributed by atoms with Gasteiger partial charge in [0.15, 0.2) is 0 Å². The van der Waals surface area contributed by atoms with Gasteiger partial charge in [-0.1, -0.05) is 6.58 Å². The Morgan fingerprint density at radius 3 is 2.50 bits per heavy atom. The predicted molar refractivity (Wildman–Crippen MR) is 43.4 cm³/mol.